The predicted octanol–water partition coefficient (Wildman–Crippen LogP) is 1.19. The molecule has 0 aromatic heterocycles. The van der Waals surface area contributed by atoms with E-state index in [1.807, 2.05) is 5.43 Å². The summed E-state index contributed by atoms with van der Waals surface area (Å²) in [7, 11) is 0. The Kier molecular flexibility index (Phi) is 4.33. The SMILES string of the molecule is NNC(=O)NCCc1ccc(F)c(Cl)c1. The summed E-state index contributed by atoms with van der Waals surface area (Å²) in [5, 5.41) is 2.58. The van der Waals surface area contributed by atoms with Crippen molar-refractivity contribution in [2.45, 2.75) is 6.42 Å². The van der Waals surface area contributed by atoms with Crippen LogP contribution in [-0.4, -0.2) is 12.6 Å². The van der Waals surface area contributed by atoms with E-state index in [1.54, 1.807) is 6.07 Å². The summed E-state index contributed by atoms with van der Waals surface area (Å²) in [5.41, 5.74) is 2.78. The number of amides is 2. The Morgan fingerprint density at radius 1 is 1.53 bits per heavy atom. The van der Waals surface area contributed by atoms with E-state index in [-0.39, 0.29) is 5.02 Å². The third-order valence-corrected chi connectivity index (χ3v) is 2.10. The van der Waals surface area contributed by atoms with Crippen LogP contribution in [0.2, 0.25) is 5.02 Å². The van der Waals surface area contributed by atoms with E-state index in [1.165, 1.54) is 12.1 Å². The number of urea groups is 1. The summed E-state index contributed by atoms with van der Waals surface area (Å²) in [6.45, 7) is 0.408. The largest absolute Gasteiger partial charge is 0.337 e. The number of hydrogen-bond donors (Lipinski definition) is 3. The Balaban J connectivity index is 2.44. The second-order valence-corrected chi connectivity index (χ2v) is 3.31. The predicted molar refractivity (Wildman–Crippen MR) is 55.8 cm³/mol. The Morgan fingerprint density at radius 2 is 2.27 bits per heavy atom. The lowest BCUT2D eigenvalue weighted by Gasteiger charge is -2.04. The molecule has 0 radical (unpaired) electrons. The lowest BCUT2D eigenvalue weighted by atomic mass is 10.1. The highest BCUT2D eigenvalue weighted by molar-refractivity contribution is 6.30. The van der Waals surface area contributed by atoms with Gasteiger partial charge in [-0.15, -0.1) is 0 Å². The van der Waals surface area contributed by atoms with Crippen molar-refractivity contribution in [3.63, 3.8) is 0 Å². The summed E-state index contributed by atoms with van der Waals surface area (Å²) in [6, 6.07) is 3.98. The molecule has 1 rings (SSSR count). The van der Waals surface area contributed by atoms with Gasteiger partial charge in [-0.2, -0.15) is 0 Å². The number of nitrogens with one attached hydrogen (secondary N) is 2. The summed E-state index contributed by atoms with van der Waals surface area (Å²) in [6.07, 6.45) is 0.563. The fourth-order valence-electron chi connectivity index (χ4n) is 1.07. The summed E-state index contributed by atoms with van der Waals surface area (Å²) >= 11 is 5.59. The third kappa shape index (κ3) is 3.73. The van der Waals surface area contributed by atoms with Crippen LogP contribution in [0, 0.1) is 5.82 Å². The fraction of sp³-hybridized carbons (Fsp3) is 0.222. The highest BCUT2D eigenvalue weighted by Gasteiger charge is 2.01. The molecule has 0 heterocycles. The van der Waals surface area contributed by atoms with Crippen LogP contribution in [0.15, 0.2) is 18.2 Å². The number of nitrogens with two attached hydrogens (primary N) is 1. The molecule has 15 heavy (non-hydrogen) atoms. The van der Waals surface area contributed by atoms with Gasteiger partial charge >= 0.3 is 6.03 Å². The first-order valence-electron chi connectivity index (χ1n) is 4.32. The molecule has 0 unspecified atom stereocenters. The standard InChI is InChI=1S/C9H11ClFN3O/c10-7-5-6(1-2-8(7)11)3-4-13-9(15)14-12/h1-2,5H,3-4,12H2,(H2,13,14,15). The molecule has 2 amide bonds. The first-order chi connectivity index (χ1) is 7.13. The van der Waals surface area contributed by atoms with E-state index in [4.69, 9.17) is 17.4 Å². The molecule has 4 nitrogen and oxygen atoms in total. The summed E-state index contributed by atoms with van der Waals surface area (Å²) in [5.74, 6) is 4.41. The smallest absolute Gasteiger partial charge is 0.328 e. The molecule has 0 saturated carbocycles. The molecule has 0 fully saturated rings. The topological polar surface area (TPSA) is 67.1 Å². The number of carbonyl (C=O) groups excluding carboxylic acids is 1. The first kappa shape index (κ1) is 11.7. The van der Waals surface area contributed by atoms with Crippen LogP contribution in [-0.2, 0) is 6.42 Å². The third-order valence-electron chi connectivity index (χ3n) is 1.81. The summed E-state index contributed by atoms with van der Waals surface area (Å²) in [4.78, 5) is 10.7. The van der Waals surface area contributed by atoms with Gasteiger partial charge in [0.15, 0.2) is 0 Å². The highest BCUT2D eigenvalue weighted by Crippen LogP contribution is 2.15. The van der Waals surface area contributed by atoms with Crippen molar-refractivity contribution < 1.29 is 9.18 Å². The fourth-order valence-corrected chi connectivity index (χ4v) is 1.27. The monoisotopic (exact) mass is 231 g/mol. The van der Waals surface area contributed by atoms with Crippen molar-refractivity contribution in [3.8, 4) is 0 Å². The maximum Gasteiger partial charge on any atom is 0.328 e. The average molecular weight is 232 g/mol. The van der Waals surface area contributed by atoms with E-state index in [0.29, 0.717) is 13.0 Å². The molecule has 1 aromatic rings. The van der Waals surface area contributed by atoms with Crippen LogP contribution in [0.3, 0.4) is 0 Å². The van der Waals surface area contributed by atoms with Crippen LogP contribution in [0.4, 0.5) is 9.18 Å². The highest BCUT2D eigenvalue weighted by atomic mass is 35.5. The van der Waals surface area contributed by atoms with Crippen molar-refractivity contribution in [1.82, 2.24) is 10.7 Å². The van der Waals surface area contributed by atoms with Crippen molar-refractivity contribution in [3.05, 3.63) is 34.6 Å². The molecular weight excluding hydrogens is 221 g/mol. The molecule has 0 atom stereocenters. The Labute approximate surface area is 91.6 Å². The molecule has 82 valence electrons. The normalized spacial score (nSPS) is 9.80. The van der Waals surface area contributed by atoms with Gasteiger partial charge in [-0.3, -0.25) is 5.43 Å². The number of halogens is 2. The molecule has 1 aromatic carbocycles. The van der Waals surface area contributed by atoms with Crippen molar-refractivity contribution >= 4 is 17.6 Å². The van der Waals surface area contributed by atoms with E-state index >= 15 is 0 Å². The zero-order chi connectivity index (χ0) is 11.3. The van der Waals surface area contributed by atoms with Crippen LogP contribution >= 0.6 is 11.6 Å². The first-order valence-corrected chi connectivity index (χ1v) is 4.69. The molecule has 0 spiro atoms. The minimum absolute atomic E-state index is 0.0794. The number of benzene rings is 1. The van der Waals surface area contributed by atoms with E-state index < -0.39 is 11.8 Å². The maximum absolute atomic E-state index is 12.8. The van der Waals surface area contributed by atoms with E-state index in [9.17, 15) is 9.18 Å². The van der Waals surface area contributed by atoms with Gasteiger partial charge in [0.25, 0.3) is 0 Å². The van der Waals surface area contributed by atoms with Crippen molar-refractivity contribution in [2.75, 3.05) is 6.54 Å². The van der Waals surface area contributed by atoms with Gasteiger partial charge in [0.2, 0.25) is 0 Å². The quantitative estimate of drug-likeness (QED) is 0.416. The second-order valence-electron chi connectivity index (χ2n) is 2.90. The number of hydrogen-bond acceptors (Lipinski definition) is 2. The zero-order valence-corrected chi connectivity index (χ0v) is 8.64. The van der Waals surface area contributed by atoms with E-state index in [2.05, 4.69) is 5.32 Å². The summed E-state index contributed by atoms with van der Waals surface area (Å²) < 4.78 is 12.8. The molecule has 0 aliphatic rings. The van der Waals surface area contributed by atoms with Crippen LogP contribution < -0.4 is 16.6 Å². The zero-order valence-electron chi connectivity index (χ0n) is 7.89. The van der Waals surface area contributed by atoms with Gasteiger partial charge in [-0.05, 0) is 24.1 Å². The van der Waals surface area contributed by atoms with Crippen LogP contribution in [0.1, 0.15) is 5.56 Å². The molecule has 0 aliphatic heterocycles. The minimum Gasteiger partial charge on any atom is -0.337 e. The second kappa shape index (κ2) is 5.53. The van der Waals surface area contributed by atoms with Crippen molar-refractivity contribution in [2.24, 2.45) is 5.84 Å². The Bertz CT molecular complexity index is 359. The van der Waals surface area contributed by atoms with Crippen LogP contribution in [0.25, 0.3) is 0 Å². The van der Waals surface area contributed by atoms with Gasteiger partial charge in [-0.25, -0.2) is 15.0 Å². The molecule has 0 aliphatic carbocycles. The van der Waals surface area contributed by atoms with Crippen molar-refractivity contribution in [1.29, 1.82) is 0 Å². The molecule has 4 N–H and O–H groups in total. The number of carbonyl (C=O) groups is 1. The molecule has 6 heteroatoms. The van der Waals surface area contributed by atoms with Crippen LogP contribution in [0.5, 0.6) is 0 Å². The maximum atomic E-state index is 12.8. The molecule has 0 saturated heterocycles. The van der Waals surface area contributed by atoms with E-state index in [0.717, 1.165) is 5.56 Å². The van der Waals surface area contributed by atoms with Gasteiger partial charge in [-0.1, -0.05) is 17.7 Å². The molecular formula is C9H11ClFN3O. The number of rotatable bonds is 3. The van der Waals surface area contributed by atoms with Gasteiger partial charge in [0.05, 0.1) is 5.02 Å². The lowest BCUT2D eigenvalue weighted by molar-refractivity contribution is 0.241. The van der Waals surface area contributed by atoms with Gasteiger partial charge in [0, 0.05) is 6.54 Å². The molecule has 0 bridgehead atoms. The average Bonchev–Trinajstić information content (AvgIpc) is 2.23. The lowest BCUT2D eigenvalue weighted by Crippen LogP contribution is -2.40. The Hall–Kier alpha value is -1.33. The number of hydrazine groups is 1. The van der Waals surface area contributed by atoms with Gasteiger partial charge < -0.3 is 5.32 Å². The Morgan fingerprint density at radius 3 is 2.87 bits per heavy atom. The van der Waals surface area contributed by atoms with Gasteiger partial charge in [0.1, 0.15) is 5.82 Å². The minimum atomic E-state index is -0.455.